The molecule has 0 atom stereocenters. The zero-order chi connectivity index (χ0) is 14.5. The summed E-state index contributed by atoms with van der Waals surface area (Å²) in [6.45, 7) is 1.04. The van der Waals surface area contributed by atoms with Crippen LogP contribution in [0.2, 0.25) is 0 Å². The number of non-ortho nitro benzene ring substituents is 1. The van der Waals surface area contributed by atoms with Gasteiger partial charge in [-0.3, -0.25) is 14.9 Å². The SMILES string of the molecule is COc1ccc([N+](=O)[O-])cc1OC(=O)C1CCOCC1. The molecule has 1 aliphatic rings. The standard InChI is InChI=1S/C13H15NO6/c1-18-11-3-2-10(14(16)17)8-12(11)20-13(15)9-4-6-19-7-5-9/h2-3,8-9H,4-7H2,1H3. The van der Waals surface area contributed by atoms with Gasteiger partial charge in [-0.25, -0.2) is 0 Å². The van der Waals surface area contributed by atoms with E-state index in [1.807, 2.05) is 0 Å². The highest BCUT2D eigenvalue weighted by Crippen LogP contribution is 2.32. The van der Waals surface area contributed by atoms with Crippen molar-refractivity contribution in [1.29, 1.82) is 0 Å². The molecule has 0 N–H and O–H groups in total. The van der Waals surface area contributed by atoms with Gasteiger partial charge in [0.2, 0.25) is 0 Å². The summed E-state index contributed by atoms with van der Waals surface area (Å²) in [5.74, 6) is -0.297. The first-order valence-electron chi connectivity index (χ1n) is 6.23. The molecule has 108 valence electrons. The summed E-state index contributed by atoms with van der Waals surface area (Å²) in [5, 5.41) is 10.7. The minimum Gasteiger partial charge on any atom is -0.493 e. The van der Waals surface area contributed by atoms with Crippen LogP contribution >= 0.6 is 0 Å². The molecule has 20 heavy (non-hydrogen) atoms. The van der Waals surface area contributed by atoms with E-state index < -0.39 is 10.9 Å². The average molecular weight is 281 g/mol. The number of carbonyl (C=O) groups excluding carboxylic acids is 1. The number of benzene rings is 1. The van der Waals surface area contributed by atoms with Crippen molar-refractivity contribution in [2.24, 2.45) is 5.92 Å². The van der Waals surface area contributed by atoms with E-state index in [2.05, 4.69) is 0 Å². The molecule has 7 heteroatoms. The molecular formula is C13H15NO6. The normalized spacial score (nSPS) is 15.7. The first-order valence-corrected chi connectivity index (χ1v) is 6.23. The second-order valence-corrected chi connectivity index (χ2v) is 4.40. The van der Waals surface area contributed by atoms with Crippen LogP contribution in [0, 0.1) is 16.0 Å². The van der Waals surface area contributed by atoms with Crippen LogP contribution in [0.3, 0.4) is 0 Å². The largest absolute Gasteiger partial charge is 0.493 e. The van der Waals surface area contributed by atoms with Gasteiger partial charge in [0.05, 0.1) is 24.0 Å². The third-order valence-electron chi connectivity index (χ3n) is 3.12. The van der Waals surface area contributed by atoms with Crippen LogP contribution < -0.4 is 9.47 Å². The zero-order valence-corrected chi connectivity index (χ0v) is 11.0. The molecule has 1 saturated heterocycles. The fraction of sp³-hybridized carbons (Fsp3) is 0.462. The van der Waals surface area contributed by atoms with E-state index in [1.54, 1.807) is 0 Å². The Balaban J connectivity index is 2.15. The number of nitro groups is 1. The van der Waals surface area contributed by atoms with Crippen molar-refractivity contribution in [3.05, 3.63) is 28.3 Å². The molecule has 0 aromatic heterocycles. The van der Waals surface area contributed by atoms with Gasteiger partial charge < -0.3 is 14.2 Å². The average Bonchev–Trinajstić information content (AvgIpc) is 2.48. The van der Waals surface area contributed by atoms with Gasteiger partial charge in [0.25, 0.3) is 5.69 Å². The Morgan fingerprint density at radius 3 is 2.65 bits per heavy atom. The van der Waals surface area contributed by atoms with Crippen LogP contribution in [0.15, 0.2) is 18.2 Å². The molecule has 0 unspecified atom stereocenters. The van der Waals surface area contributed by atoms with Gasteiger partial charge in [-0.2, -0.15) is 0 Å². The smallest absolute Gasteiger partial charge is 0.314 e. The quantitative estimate of drug-likeness (QED) is 0.362. The van der Waals surface area contributed by atoms with E-state index in [0.717, 1.165) is 0 Å². The molecule has 0 bridgehead atoms. The maximum Gasteiger partial charge on any atom is 0.314 e. The number of nitro benzene ring substituents is 1. The lowest BCUT2D eigenvalue weighted by molar-refractivity contribution is -0.384. The summed E-state index contributed by atoms with van der Waals surface area (Å²) >= 11 is 0. The number of hydrogen-bond acceptors (Lipinski definition) is 6. The summed E-state index contributed by atoms with van der Waals surface area (Å²) in [5.41, 5.74) is -0.152. The van der Waals surface area contributed by atoms with Gasteiger partial charge in [-0.1, -0.05) is 0 Å². The third kappa shape index (κ3) is 3.24. The number of carbonyl (C=O) groups is 1. The highest BCUT2D eigenvalue weighted by molar-refractivity contribution is 5.76. The Bertz CT molecular complexity index is 510. The Labute approximate surface area is 115 Å². The summed E-state index contributed by atoms with van der Waals surface area (Å²) in [7, 11) is 1.41. The molecule has 0 aliphatic carbocycles. The van der Waals surface area contributed by atoms with Crippen LogP contribution in [0.1, 0.15) is 12.8 Å². The first kappa shape index (κ1) is 14.3. The van der Waals surface area contributed by atoms with Gasteiger partial charge in [0.1, 0.15) is 0 Å². The van der Waals surface area contributed by atoms with Gasteiger partial charge in [0, 0.05) is 19.3 Å². The van der Waals surface area contributed by atoms with E-state index >= 15 is 0 Å². The summed E-state index contributed by atoms with van der Waals surface area (Å²) < 4.78 is 15.5. The number of esters is 1. The Morgan fingerprint density at radius 2 is 2.05 bits per heavy atom. The molecule has 1 aromatic rings. The predicted molar refractivity (Wildman–Crippen MR) is 68.8 cm³/mol. The molecule has 7 nitrogen and oxygen atoms in total. The Morgan fingerprint density at radius 1 is 1.35 bits per heavy atom. The highest BCUT2D eigenvalue weighted by atomic mass is 16.6. The topological polar surface area (TPSA) is 87.9 Å². The maximum atomic E-state index is 12.0. The number of hydrogen-bond donors (Lipinski definition) is 0. The van der Waals surface area contributed by atoms with Crippen LogP contribution in [-0.4, -0.2) is 31.2 Å². The monoisotopic (exact) mass is 281 g/mol. The van der Waals surface area contributed by atoms with E-state index in [4.69, 9.17) is 14.2 Å². The molecule has 0 amide bonds. The van der Waals surface area contributed by atoms with E-state index in [-0.39, 0.29) is 23.1 Å². The summed E-state index contributed by atoms with van der Waals surface area (Å²) in [4.78, 5) is 22.2. The van der Waals surface area contributed by atoms with Gasteiger partial charge in [0.15, 0.2) is 11.5 Å². The minimum atomic E-state index is -0.550. The fourth-order valence-corrected chi connectivity index (χ4v) is 1.98. The molecule has 1 fully saturated rings. The summed E-state index contributed by atoms with van der Waals surface area (Å²) in [6.07, 6.45) is 1.19. The number of rotatable bonds is 4. The van der Waals surface area contributed by atoms with Crippen LogP contribution in [0.25, 0.3) is 0 Å². The molecule has 0 radical (unpaired) electrons. The molecule has 1 heterocycles. The lowest BCUT2D eigenvalue weighted by Gasteiger charge is -2.20. The highest BCUT2D eigenvalue weighted by Gasteiger charge is 2.25. The predicted octanol–water partition coefficient (Wildman–Crippen LogP) is 1.94. The van der Waals surface area contributed by atoms with Crippen molar-refractivity contribution >= 4 is 11.7 Å². The fourth-order valence-electron chi connectivity index (χ4n) is 1.98. The van der Waals surface area contributed by atoms with Crippen molar-refractivity contribution in [2.45, 2.75) is 12.8 Å². The van der Waals surface area contributed by atoms with Gasteiger partial charge in [-0.15, -0.1) is 0 Å². The van der Waals surface area contributed by atoms with Crippen LogP contribution in [0.5, 0.6) is 11.5 Å². The minimum absolute atomic E-state index is 0.0678. The first-order chi connectivity index (χ1) is 9.61. The molecule has 0 spiro atoms. The lowest BCUT2D eigenvalue weighted by atomic mass is 10.0. The Kier molecular flexibility index (Phi) is 4.52. The lowest BCUT2D eigenvalue weighted by Crippen LogP contribution is -2.27. The van der Waals surface area contributed by atoms with Gasteiger partial charge >= 0.3 is 5.97 Å². The van der Waals surface area contributed by atoms with Crippen LogP contribution in [-0.2, 0) is 9.53 Å². The van der Waals surface area contributed by atoms with Crippen molar-refractivity contribution in [3.63, 3.8) is 0 Å². The number of methoxy groups -OCH3 is 1. The molecule has 1 aliphatic heterocycles. The van der Waals surface area contributed by atoms with Crippen molar-refractivity contribution in [2.75, 3.05) is 20.3 Å². The van der Waals surface area contributed by atoms with E-state index in [1.165, 1.54) is 25.3 Å². The van der Waals surface area contributed by atoms with E-state index in [9.17, 15) is 14.9 Å². The third-order valence-corrected chi connectivity index (χ3v) is 3.12. The van der Waals surface area contributed by atoms with Crippen molar-refractivity contribution < 1.29 is 23.9 Å². The van der Waals surface area contributed by atoms with E-state index in [0.29, 0.717) is 26.1 Å². The second-order valence-electron chi connectivity index (χ2n) is 4.40. The number of nitrogens with zero attached hydrogens (tertiary/aromatic N) is 1. The Hall–Kier alpha value is -2.15. The zero-order valence-electron chi connectivity index (χ0n) is 11.0. The van der Waals surface area contributed by atoms with Crippen LogP contribution in [0.4, 0.5) is 5.69 Å². The molecule has 1 aromatic carbocycles. The van der Waals surface area contributed by atoms with Gasteiger partial charge in [-0.05, 0) is 18.9 Å². The summed E-state index contributed by atoms with van der Waals surface area (Å²) in [6, 6.07) is 3.89. The molecule has 0 saturated carbocycles. The van der Waals surface area contributed by atoms with Crippen molar-refractivity contribution in [1.82, 2.24) is 0 Å². The van der Waals surface area contributed by atoms with Crippen molar-refractivity contribution in [3.8, 4) is 11.5 Å². The second kappa shape index (κ2) is 6.33. The molecular weight excluding hydrogens is 266 g/mol. The number of ether oxygens (including phenoxy) is 3. The molecule has 2 rings (SSSR count). The maximum absolute atomic E-state index is 12.0.